The standard InChI is InChI=1S/C17H27NO2P2.C8H12.BF4.Rh/c1-10-6-7-11(2)21(10)14-15(17(20)18(5)16(14)19)22-12(3)8-9-13(22)4;1-2-4-6-8-7-5-3-1;2-1(3,4)5;/h10-13H,6-9H2,1-5H3;1-2,7-8H,3-6H2;;/q;;-1;/b;2-1-,8-7?;;/t10-,11-,12-,13-;;;/m1.../s1. The summed E-state index contributed by atoms with van der Waals surface area (Å²) in [7, 11) is -5.26. The Hall–Kier alpha value is -0.372. The fraction of sp³-hybridized carbons (Fsp3) is 0.680. The first-order chi connectivity index (χ1) is 16.3. The van der Waals surface area contributed by atoms with E-state index in [2.05, 4.69) is 52.0 Å². The zero-order chi connectivity index (χ0) is 26.3. The monoisotopic (exact) mass is 637 g/mol. The Morgan fingerprint density at radius 2 is 0.889 bits per heavy atom. The molecule has 4 atom stereocenters. The van der Waals surface area contributed by atoms with Gasteiger partial charge in [-0.2, -0.15) is 0 Å². The molecule has 2 amide bonds. The molecule has 36 heavy (non-hydrogen) atoms. The number of carbonyl (C=O) groups excluding carboxylic acids is 2. The van der Waals surface area contributed by atoms with Crippen LogP contribution in [0.15, 0.2) is 34.9 Å². The van der Waals surface area contributed by atoms with Gasteiger partial charge in [-0.25, -0.2) is 0 Å². The number of amides is 2. The number of nitrogens with zero attached hydrogens (tertiary/aromatic N) is 1. The molecule has 2 fully saturated rings. The molecular weight excluding hydrogens is 598 g/mol. The molecule has 0 spiro atoms. The van der Waals surface area contributed by atoms with E-state index in [0.717, 1.165) is 10.6 Å². The number of hydrogen-bond acceptors (Lipinski definition) is 2. The SMILES string of the molecule is C1=CCC/C=C\CC1.C[C@@H]1CC[C@@H](C)P1C1=C(P2[C@H](C)CC[C@H]2C)C(=O)N(C)C1=O.F[B-](F)(F)F.[Rh]. The molecule has 4 rings (SSSR count). The molecule has 3 heterocycles. The van der Waals surface area contributed by atoms with E-state index in [1.807, 2.05) is 0 Å². The van der Waals surface area contributed by atoms with Gasteiger partial charge in [0, 0.05) is 26.5 Å². The quantitative estimate of drug-likeness (QED) is 0.101. The normalized spacial score (nSPS) is 30.2. The number of rotatable bonds is 2. The molecule has 0 aromatic heterocycles. The van der Waals surface area contributed by atoms with E-state index < -0.39 is 23.1 Å². The fourth-order valence-electron chi connectivity index (χ4n) is 5.21. The summed E-state index contributed by atoms with van der Waals surface area (Å²) in [6, 6.07) is 0. The summed E-state index contributed by atoms with van der Waals surface area (Å²) in [6.07, 6.45) is 18.8. The van der Waals surface area contributed by atoms with Crippen molar-refractivity contribution in [2.75, 3.05) is 7.05 Å². The fourth-order valence-corrected chi connectivity index (χ4v) is 12.5. The number of carbonyl (C=O) groups is 2. The Labute approximate surface area is 229 Å². The molecule has 2 saturated heterocycles. The van der Waals surface area contributed by atoms with Crippen LogP contribution in [0, 0.1) is 0 Å². The van der Waals surface area contributed by atoms with Crippen LogP contribution in [0.25, 0.3) is 0 Å². The molecule has 0 bridgehead atoms. The summed E-state index contributed by atoms with van der Waals surface area (Å²) in [5.41, 5.74) is 2.34. The van der Waals surface area contributed by atoms with Gasteiger partial charge in [0.2, 0.25) is 0 Å². The van der Waals surface area contributed by atoms with Crippen molar-refractivity contribution in [2.45, 2.75) is 102 Å². The molecule has 0 unspecified atom stereocenters. The Morgan fingerprint density at radius 3 is 1.11 bits per heavy atom. The van der Waals surface area contributed by atoms with E-state index >= 15 is 0 Å². The topological polar surface area (TPSA) is 37.4 Å². The number of hydrogen-bond donors (Lipinski definition) is 0. The minimum atomic E-state index is -6.00. The van der Waals surface area contributed by atoms with Crippen LogP contribution in [0.1, 0.15) is 79.1 Å². The van der Waals surface area contributed by atoms with Crippen molar-refractivity contribution in [3.8, 4) is 0 Å². The third kappa shape index (κ3) is 9.43. The van der Waals surface area contributed by atoms with E-state index in [9.17, 15) is 26.9 Å². The zero-order valence-electron chi connectivity index (χ0n) is 21.9. The van der Waals surface area contributed by atoms with Crippen molar-refractivity contribution in [1.82, 2.24) is 4.90 Å². The van der Waals surface area contributed by atoms with Crippen molar-refractivity contribution in [3.63, 3.8) is 0 Å². The zero-order valence-corrected chi connectivity index (χ0v) is 25.3. The van der Waals surface area contributed by atoms with E-state index in [4.69, 9.17) is 0 Å². The van der Waals surface area contributed by atoms with Gasteiger partial charge in [-0.05, 0) is 74.0 Å². The van der Waals surface area contributed by atoms with Crippen LogP contribution in [-0.4, -0.2) is 53.7 Å². The van der Waals surface area contributed by atoms with Crippen LogP contribution in [0.5, 0.6) is 0 Å². The third-order valence-electron chi connectivity index (χ3n) is 6.99. The van der Waals surface area contributed by atoms with Gasteiger partial charge in [0.15, 0.2) is 0 Å². The Kier molecular flexibility index (Phi) is 14.3. The first-order valence-electron chi connectivity index (χ1n) is 12.6. The second kappa shape index (κ2) is 15.3. The van der Waals surface area contributed by atoms with Crippen molar-refractivity contribution in [2.24, 2.45) is 0 Å². The minimum Gasteiger partial charge on any atom is -0.418 e. The van der Waals surface area contributed by atoms with Gasteiger partial charge in [0.1, 0.15) is 0 Å². The molecule has 207 valence electrons. The number of halogens is 4. The maximum absolute atomic E-state index is 12.8. The Morgan fingerprint density at radius 1 is 0.667 bits per heavy atom. The van der Waals surface area contributed by atoms with Gasteiger partial charge in [0.05, 0.1) is 10.6 Å². The van der Waals surface area contributed by atoms with Gasteiger partial charge >= 0.3 is 7.25 Å². The van der Waals surface area contributed by atoms with E-state index in [0.29, 0.717) is 22.6 Å². The molecule has 11 heteroatoms. The van der Waals surface area contributed by atoms with Gasteiger partial charge in [-0.15, -0.1) is 0 Å². The van der Waals surface area contributed by atoms with Gasteiger partial charge in [0.25, 0.3) is 11.8 Å². The Bertz CT molecular complexity index is 754. The molecule has 3 nitrogen and oxygen atoms in total. The predicted molar refractivity (Wildman–Crippen MR) is 142 cm³/mol. The number of allylic oxidation sites excluding steroid dienone is 4. The van der Waals surface area contributed by atoms with Crippen LogP contribution in [0.2, 0.25) is 0 Å². The second-order valence-electron chi connectivity index (χ2n) is 9.82. The largest absolute Gasteiger partial charge is 0.673 e. The second-order valence-corrected chi connectivity index (χ2v) is 15.9. The van der Waals surface area contributed by atoms with E-state index in [1.165, 1.54) is 56.3 Å². The molecule has 1 radical (unpaired) electrons. The molecule has 0 saturated carbocycles. The smallest absolute Gasteiger partial charge is 0.418 e. The maximum Gasteiger partial charge on any atom is 0.673 e. The summed E-state index contributed by atoms with van der Waals surface area (Å²) in [5, 5.41) is 1.96. The van der Waals surface area contributed by atoms with Crippen LogP contribution in [0.4, 0.5) is 17.3 Å². The van der Waals surface area contributed by atoms with E-state index in [1.54, 1.807) is 7.05 Å². The average Bonchev–Trinajstić information content (AvgIpc) is 3.30. The minimum absolute atomic E-state index is 0. The van der Waals surface area contributed by atoms with Crippen LogP contribution < -0.4 is 0 Å². The predicted octanol–water partition coefficient (Wildman–Crippen LogP) is 8.27. The number of likely N-dealkylation sites (N-methyl/N-ethyl adjacent to an activating group) is 1. The Balaban J connectivity index is 0.000000383. The molecular formula is C25H39BF4NO2P2Rh-. The van der Waals surface area contributed by atoms with Crippen molar-refractivity contribution in [3.05, 3.63) is 34.9 Å². The molecule has 0 N–H and O–H groups in total. The van der Waals surface area contributed by atoms with Gasteiger partial charge in [-0.1, -0.05) is 67.8 Å². The molecule has 0 aromatic carbocycles. The van der Waals surface area contributed by atoms with Crippen LogP contribution in [-0.2, 0) is 29.1 Å². The summed E-state index contributed by atoms with van der Waals surface area (Å²) in [5.74, 6) is 0.0565. The van der Waals surface area contributed by atoms with Gasteiger partial charge < -0.3 is 17.3 Å². The summed E-state index contributed by atoms with van der Waals surface area (Å²) in [4.78, 5) is 27.1. The van der Waals surface area contributed by atoms with Crippen molar-refractivity contribution >= 4 is 34.9 Å². The number of imide groups is 1. The summed E-state index contributed by atoms with van der Waals surface area (Å²) >= 11 is 0. The average molecular weight is 637 g/mol. The third-order valence-corrected chi connectivity index (χ3v) is 13.9. The molecule has 0 aromatic rings. The molecule has 3 aliphatic heterocycles. The van der Waals surface area contributed by atoms with E-state index in [-0.39, 0.29) is 31.3 Å². The first-order valence-corrected chi connectivity index (χ1v) is 15.6. The summed E-state index contributed by atoms with van der Waals surface area (Å²) < 4.78 is 39.0. The maximum atomic E-state index is 12.8. The van der Waals surface area contributed by atoms with Crippen LogP contribution >= 0.6 is 15.8 Å². The van der Waals surface area contributed by atoms with Gasteiger partial charge in [-0.3, -0.25) is 14.5 Å². The van der Waals surface area contributed by atoms with Crippen LogP contribution in [0.3, 0.4) is 0 Å². The van der Waals surface area contributed by atoms with Crippen molar-refractivity contribution in [1.29, 1.82) is 0 Å². The first kappa shape index (κ1) is 33.7. The molecule has 4 aliphatic rings. The van der Waals surface area contributed by atoms with Crippen molar-refractivity contribution < 1.29 is 46.3 Å². The molecule has 1 aliphatic carbocycles. The summed E-state index contributed by atoms with van der Waals surface area (Å²) in [6.45, 7) is 9.13.